The summed E-state index contributed by atoms with van der Waals surface area (Å²) in [5, 5.41) is 5.11. The zero-order valence-corrected chi connectivity index (χ0v) is 13.0. The molecule has 0 heterocycles. The first-order valence-corrected chi connectivity index (χ1v) is 7.83. The first-order chi connectivity index (χ1) is 9.76. The van der Waals surface area contributed by atoms with Crippen LogP contribution < -0.4 is 15.4 Å². The highest BCUT2D eigenvalue weighted by atomic mass is 32.2. The summed E-state index contributed by atoms with van der Waals surface area (Å²) < 4.78 is 25.9. The van der Waals surface area contributed by atoms with Crippen molar-refractivity contribution in [3.63, 3.8) is 0 Å². The van der Waals surface area contributed by atoms with E-state index in [0.29, 0.717) is 11.3 Å². The van der Waals surface area contributed by atoms with Crippen molar-refractivity contribution in [2.45, 2.75) is 25.2 Å². The Bertz CT molecular complexity index is 641. The number of carbonyl (C=O) groups excluding carboxylic acids is 2. The second kappa shape index (κ2) is 7.19. The molecule has 0 aliphatic heterocycles. The summed E-state index contributed by atoms with van der Waals surface area (Å²) in [5.74, 6) is -0.513. The van der Waals surface area contributed by atoms with E-state index in [9.17, 15) is 18.0 Å². The molecule has 0 saturated carbocycles. The summed E-state index contributed by atoms with van der Waals surface area (Å²) in [6, 6.07) is 4.64. The monoisotopic (exact) mass is 313 g/mol. The van der Waals surface area contributed by atoms with E-state index >= 15 is 0 Å². The van der Waals surface area contributed by atoms with Gasteiger partial charge in [0.25, 0.3) is 0 Å². The molecule has 21 heavy (non-hydrogen) atoms. The fourth-order valence-corrected chi connectivity index (χ4v) is 2.65. The summed E-state index contributed by atoms with van der Waals surface area (Å²) >= 11 is 0. The molecular weight excluding hydrogens is 294 g/mol. The average molecular weight is 313 g/mol. The Morgan fingerprint density at radius 3 is 2.48 bits per heavy atom. The fraction of sp³-hybridized carbons (Fsp3) is 0.385. The van der Waals surface area contributed by atoms with Crippen LogP contribution in [-0.2, 0) is 19.6 Å². The van der Waals surface area contributed by atoms with Gasteiger partial charge in [-0.2, -0.15) is 0 Å². The van der Waals surface area contributed by atoms with E-state index in [1.54, 1.807) is 19.1 Å². The number of carbonyl (C=O) groups is 2. The van der Waals surface area contributed by atoms with Crippen molar-refractivity contribution >= 4 is 27.5 Å². The first kappa shape index (κ1) is 17.1. The molecule has 0 atom stereocenters. The Balaban J connectivity index is 2.79. The predicted octanol–water partition coefficient (Wildman–Crippen LogP) is 0.368. The van der Waals surface area contributed by atoms with Gasteiger partial charge in [0.2, 0.25) is 21.8 Å². The Morgan fingerprint density at radius 2 is 1.90 bits per heavy atom. The summed E-state index contributed by atoms with van der Waals surface area (Å²) in [5.41, 5.74) is 0.975. The molecule has 1 aromatic rings. The molecule has 0 spiro atoms. The first-order valence-electron chi connectivity index (χ1n) is 6.34. The number of rotatable bonds is 6. The minimum Gasteiger partial charge on any atom is -0.356 e. The lowest BCUT2D eigenvalue weighted by atomic mass is 10.2. The van der Waals surface area contributed by atoms with Crippen molar-refractivity contribution in [2.24, 2.45) is 0 Å². The summed E-state index contributed by atoms with van der Waals surface area (Å²) in [6.45, 7) is 3.27. The van der Waals surface area contributed by atoms with Gasteiger partial charge in [-0.25, -0.2) is 13.1 Å². The molecule has 2 amide bonds. The van der Waals surface area contributed by atoms with Gasteiger partial charge in [0.1, 0.15) is 0 Å². The highest BCUT2D eigenvalue weighted by molar-refractivity contribution is 7.89. The van der Waals surface area contributed by atoms with Crippen LogP contribution in [0.5, 0.6) is 0 Å². The van der Waals surface area contributed by atoms with E-state index in [-0.39, 0.29) is 29.7 Å². The third-order valence-corrected chi connectivity index (χ3v) is 4.31. The Labute approximate surface area is 124 Å². The van der Waals surface area contributed by atoms with E-state index in [1.165, 1.54) is 20.0 Å². The van der Waals surface area contributed by atoms with Crippen LogP contribution in [-0.4, -0.2) is 33.8 Å². The van der Waals surface area contributed by atoms with Crippen LogP contribution in [0.1, 0.15) is 18.9 Å². The van der Waals surface area contributed by atoms with E-state index in [1.807, 2.05) is 0 Å². The molecule has 0 radical (unpaired) electrons. The number of sulfonamides is 1. The lowest BCUT2D eigenvalue weighted by Gasteiger charge is -2.10. The minimum atomic E-state index is -3.57. The van der Waals surface area contributed by atoms with E-state index in [2.05, 4.69) is 15.4 Å². The lowest BCUT2D eigenvalue weighted by molar-refractivity contribution is -0.119. The molecule has 116 valence electrons. The van der Waals surface area contributed by atoms with Gasteiger partial charge in [-0.1, -0.05) is 6.07 Å². The van der Waals surface area contributed by atoms with E-state index in [0.717, 1.165) is 0 Å². The van der Waals surface area contributed by atoms with Gasteiger partial charge in [0.05, 0.1) is 4.90 Å². The van der Waals surface area contributed by atoms with Gasteiger partial charge in [0.15, 0.2) is 0 Å². The number of hydrogen-bond donors (Lipinski definition) is 3. The maximum absolute atomic E-state index is 11.8. The molecule has 1 aromatic carbocycles. The quantitative estimate of drug-likeness (QED) is 0.705. The summed E-state index contributed by atoms with van der Waals surface area (Å²) in [6.07, 6.45) is 0.113. The van der Waals surface area contributed by atoms with Crippen molar-refractivity contribution in [3.05, 3.63) is 23.8 Å². The van der Waals surface area contributed by atoms with Crippen LogP contribution in [0, 0.1) is 6.92 Å². The molecule has 8 heteroatoms. The van der Waals surface area contributed by atoms with Crippen molar-refractivity contribution in [2.75, 3.05) is 18.9 Å². The summed E-state index contributed by atoms with van der Waals surface area (Å²) in [7, 11) is -2.25. The van der Waals surface area contributed by atoms with Crippen LogP contribution in [0.2, 0.25) is 0 Å². The van der Waals surface area contributed by atoms with Gasteiger partial charge in [-0.15, -0.1) is 0 Å². The third kappa shape index (κ3) is 5.16. The second-order valence-electron chi connectivity index (χ2n) is 4.47. The molecule has 0 unspecified atom stereocenters. The molecule has 1 rings (SSSR count). The number of benzene rings is 1. The highest BCUT2D eigenvalue weighted by Crippen LogP contribution is 2.19. The molecule has 0 aliphatic carbocycles. The third-order valence-electron chi connectivity index (χ3n) is 2.76. The van der Waals surface area contributed by atoms with Crippen LogP contribution in [0.3, 0.4) is 0 Å². The molecule has 0 bridgehead atoms. The van der Waals surface area contributed by atoms with Crippen molar-refractivity contribution in [3.8, 4) is 0 Å². The number of nitrogens with one attached hydrogen (secondary N) is 3. The van der Waals surface area contributed by atoms with Crippen molar-refractivity contribution in [1.29, 1.82) is 0 Å². The molecule has 0 aliphatic rings. The zero-order chi connectivity index (χ0) is 16.0. The van der Waals surface area contributed by atoms with Crippen LogP contribution >= 0.6 is 0 Å². The van der Waals surface area contributed by atoms with E-state index < -0.39 is 10.0 Å². The van der Waals surface area contributed by atoms with Crippen LogP contribution in [0.25, 0.3) is 0 Å². The molecule has 7 nitrogen and oxygen atoms in total. The van der Waals surface area contributed by atoms with Crippen molar-refractivity contribution in [1.82, 2.24) is 10.0 Å². The minimum absolute atomic E-state index is 0.113. The van der Waals surface area contributed by atoms with Crippen LogP contribution in [0.15, 0.2) is 23.1 Å². The van der Waals surface area contributed by atoms with Crippen LogP contribution in [0.4, 0.5) is 5.69 Å². The normalized spacial score (nSPS) is 11.0. The SMILES string of the molecule is CNS(=O)(=O)c1cc(NC(=O)CCNC(C)=O)ccc1C. The smallest absolute Gasteiger partial charge is 0.240 e. The Hall–Kier alpha value is -1.93. The predicted molar refractivity (Wildman–Crippen MR) is 79.4 cm³/mol. The Morgan fingerprint density at radius 1 is 1.24 bits per heavy atom. The maximum atomic E-state index is 11.8. The average Bonchev–Trinajstić information content (AvgIpc) is 2.40. The van der Waals surface area contributed by atoms with Gasteiger partial charge in [-0.3, -0.25) is 9.59 Å². The number of amides is 2. The van der Waals surface area contributed by atoms with Gasteiger partial charge >= 0.3 is 0 Å². The topological polar surface area (TPSA) is 104 Å². The highest BCUT2D eigenvalue weighted by Gasteiger charge is 2.15. The maximum Gasteiger partial charge on any atom is 0.240 e. The van der Waals surface area contributed by atoms with Gasteiger partial charge < -0.3 is 10.6 Å². The fourth-order valence-electron chi connectivity index (χ4n) is 1.65. The zero-order valence-electron chi connectivity index (χ0n) is 12.2. The Kier molecular flexibility index (Phi) is 5.86. The van der Waals surface area contributed by atoms with Crippen molar-refractivity contribution < 1.29 is 18.0 Å². The second-order valence-corrected chi connectivity index (χ2v) is 6.32. The number of anilines is 1. The van der Waals surface area contributed by atoms with E-state index in [4.69, 9.17) is 0 Å². The van der Waals surface area contributed by atoms with Gasteiger partial charge in [0, 0.05) is 25.6 Å². The molecule has 0 aromatic heterocycles. The summed E-state index contributed by atoms with van der Waals surface area (Å²) in [4.78, 5) is 22.5. The number of aryl methyl sites for hydroxylation is 1. The number of hydrogen-bond acceptors (Lipinski definition) is 4. The molecule has 3 N–H and O–H groups in total. The molecule has 0 fully saturated rings. The molecule has 0 saturated heterocycles. The largest absolute Gasteiger partial charge is 0.356 e. The lowest BCUT2D eigenvalue weighted by Crippen LogP contribution is -2.25. The molecular formula is C13H19N3O4S. The standard InChI is InChI=1S/C13H19N3O4S/c1-9-4-5-11(8-12(9)21(19,20)14-3)16-13(18)6-7-15-10(2)17/h4-5,8,14H,6-7H2,1-3H3,(H,15,17)(H,16,18). The van der Waals surface area contributed by atoms with Gasteiger partial charge in [-0.05, 0) is 31.7 Å².